The van der Waals surface area contributed by atoms with E-state index >= 15 is 0 Å². The third-order valence-corrected chi connectivity index (χ3v) is 5.48. The minimum absolute atomic E-state index is 0.00760. The summed E-state index contributed by atoms with van der Waals surface area (Å²) in [5, 5.41) is 34.9. The number of amides is 3. The van der Waals surface area contributed by atoms with E-state index in [-0.39, 0.29) is 43.3 Å². The van der Waals surface area contributed by atoms with Crippen LogP contribution in [-0.2, 0) is 30.4 Å². The molecule has 16 heteroatoms. The van der Waals surface area contributed by atoms with Gasteiger partial charge in [0.25, 0.3) is 0 Å². The van der Waals surface area contributed by atoms with Crippen LogP contribution in [0.5, 0.6) is 5.75 Å². The molecule has 1 aromatic rings. The zero-order valence-electron chi connectivity index (χ0n) is 20.4. The number of nitrogens with two attached hydrogens (primary N) is 3. The van der Waals surface area contributed by atoms with E-state index in [9.17, 15) is 34.2 Å². The van der Waals surface area contributed by atoms with Crippen LogP contribution in [0.25, 0.3) is 0 Å². The fraction of sp³-hybridized carbons (Fsp3) is 0.455. The van der Waals surface area contributed by atoms with E-state index in [0.717, 1.165) is 0 Å². The number of benzene rings is 1. The maximum atomic E-state index is 12.9. The molecule has 0 saturated carbocycles. The van der Waals surface area contributed by atoms with Gasteiger partial charge in [0.15, 0.2) is 5.96 Å². The van der Waals surface area contributed by atoms with Crippen molar-refractivity contribution < 1.29 is 39.3 Å². The topological polar surface area (TPSA) is 273 Å². The molecule has 0 aliphatic rings. The minimum atomic E-state index is -1.43. The first kappa shape index (κ1) is 32.0. The Morgan fingerprint density at radius 2 is 1.45 bits per heavy atom. The fourth-order valence-corrected chi connectivity index (χ4v) is 3.40. The Morgan fingerprint density at radius 1 is 0.895 bits per heavy atom. The molecule has 0 saturated heterocycles. The maximum Gasteiger partial charge on any atom is 0.326 e. The third-order valence-electron chi connectivity index (χ3n) is 5.12. The molecule has 38 heavy (non-hydrogen) atoms. The number of rotatable bonds is 16. The summed E-state index contributed by atoms with van der Waals surface area (Å²) >= 11 is 4.06. The second-order valence-electron chi connectivity index (χ2n) is 8.23. The number of carboxylic acid groups (broad SMARTS) is 2. The monoisotopic (exact) mass is 555 g/mol. The van der Waals surface area contributed by atoms with Crippen LogP contribution in [0.3, 0.4) is 0 Å². The molecular formula is C22H33N7O8S. The van der Waals surface area contributed by atoms with Gasteiger partial charge < -0.3 is 48.5 Å². The molecular weight excluding hydrogens is 522 g/mol. The van der Waals surface area contributed by atoms with E-state index in [2.05, 4.69) is 33.6 Å². The first-order valence-electron chi connectivity index (χ1n) is 11.4. The highest BCUT2D eigenvalue weighted by Crippen LogP contribution is 2.12. The molecule has 210 valence electrons. The quantitative estimate of drug-likeness (QED) is 0.0432. The molecule has 0 aliphatic heterocycles. The number of thiol groups is 1. The number of carboxylic acids is 2. The average Bonchev–Trinajstić information content (AvgIpc) is 2.84. The van der Waals surface area contributed by atoms with Crippen molar-refractivity contribution in [2.45, 2.75) is 49.9 Å². The molecule has 1 aromatic carbocycles. The van der Waals surface area contributed by atoms with E-state index < -0.39 is 60.2 Å². The Morgan fingerprint density at radius 3 is 1.97 bits per heavy atom. The maximum absolute atomic E-state index is 12.9. The van der Waals surface area contributed by atoms with Gasteiger partial charge in [0, 0.05) is 18.7 Å². The molecule has 4 unspecified atom stereocenters. The van der Waals surface area contributed by atoms with Crippen LogP contribution in [-0.4, -0.2) is 87.4 Å². The number of carbonyl (C=O) groups excluding carboxylic acids is 3. The molecule has 4 atom stereocenters. The first-order chi connectivity index (χ1) is 17.8. The van der Waals surface area contributed by atoms with Gasteiger partial charge in [-0.1, -0.05) is 12.1 Å². The van der Waals surface area contributed by atoms with Crippen molar-refractivity contribution in [3.8, 4) is 5.75 Å². The van der Waals surface area contributed by atoms with Gasteiger partial charge in [-0.3, -0.25) is 24.2 Å². The van der Waals surface area contributed by atoms with Gasteiger partial charge in [-0.2, -0.15) is 12.6 Å². The van der Waals surface area contributed by atoms with Gasteiger partial charge in [-0.25, -0.2) is 4.79 Å². The summed E-state index contributed by atoms with van der Waals surface area (Å²) in [4.78, 5) is 64.4. The molecule has 0 aliphatic carbocycles. The van der Waals surface area contributed by atoms with Crippen LogP contribution in [0.15, 0.2) is 29.3 Å². The Balaban J connectivity index is 2.93. The van der Waals surface area contributed by atoms with Gasteiger partial charge in [-0.05, 0) is 30.5 Å². The summed E-state index contributed by atoms with van der Waals surface area (Å²) < 4.78 is 0. The minimum Gasteiger partial charge on any atom is -0.508 e. The van der Waals surface area contributed by atoms with E-state index in [1.807, 2.05) is 0 Å². The highest BCUT2D eigenvalue weighted by Gasteiger charge is 2.30. The number of phenolic OH excluding ortho intramolecular Hbond substituents is 1. The summed E-state index contributed by atoms with van der Waals surface area (Å²) in [5.74, 6) is -5.59. The number of phenols is 1. The molecule has 12 N–H and O–H groups in total. The average molecular weight is 556 g/mol. The molecule has 15 nitrogen and oxygen atoms in total. The van der Waals surface area contributed by atoms with Crippen molar-refractivity contribution in [2.24, 2.45) is 22.2 Å². The molecule has 0 heterocycles. The molecule has 0 bridgehead atoms. The number of hydrogen-bond acceptors (Lipinski definition) is 9. The molecule has 0 fully saturated rings. The van der Waals surface area contributed by atoms with Crippen molar-refractivity contribution in [3.63, 3.8) is 0 Å². The molecule has 1 rings (SSSR count). The number of aliphatic imine (C=N–C) groups is 1. The highest BCUT2D eigenvalue weighted by atomic mass is 32.1. The van der Waals surface area contributed by atoms with Gasteiger partial charge in [-0.15, -0.1) is 0 Å². The largest absolute Gasteiger partial charge is 0.508 e. The summed E-state index contributed by atoms with van der Waals surface area (Å²) in [6.45, 7) is 0.122. The zero-order chi connectivity index (χ0) is 28.8. The number of hydrogen-bond donors (Lipinski definition) is 10. The normalized spacial score (nSPS) is 13.7. The van der Waals surface area contributed by atoms with Crippen molar-refractivity contribution in [1.29, 1.82) is 0 Å². The van der Waals surface area contributed by atoms with Crippen molar-refractivity contribution in [3.05, 3.63) is 29.8 Å². The fourth-order valence-electron chi connectivity index (χ4n) is 3.14. The number of carbonyl (C=O) groups is 5. The lowest BCUT2D eigenvalue weighted by molar-refractivity contribution is -0.142. The molecule has 0 spiro atoms. The predicted octanol–water partition coefficient (Wildman–Crippen LogP) is -2.74. The van der Waals surface area contributed by atoms with E-state index in [0.29, 0.717) is 5.56 Å². The third kappa shape index (κ3) is 11.8. The molecule has 0 aromatic heterocycles. The van der Waals surface area contributed by atoms with Gasteiger partial charge in [0.2, 0.25) is 17.7 Å². The van der Waals surface area contributed by atoms with Gasteiger partial charge >= 0.3 is 11.9 Å². The van der Waals surface area contributed by atoms with E-state index in [4.69, 9.17) is 22.3 Å². The molecule has 0 radical (unpaired) electrons. The number of aliphatic carboxylic acids is 2. The van der Waals surface area contributed by atoms with E-state index in [1.165, 1.54) is 24.3 Å². The second kappa shape index (κ2) is 15.9. The SMILES string of the molecule is NC(N)=NCCCC(NC(=O)C(N)CC(=O)O)C(=O)NC(CS)C(=O)NC(Cc1ccc(O)cc1)C(=O)O. The summed E-state index contributed by atoms with van der Waals surface area (Å²) in [6.07, 6.45) is -0.531. The van der Waals surface area contributed by atoms with Crippen LogP contribution in [0.2, 0.25) is 0 Å². The Hall–Kier alpha value is -4.05. The lowest BCUT2D eigenvalue weighted by atomic mass is 10.1. The number of aromatic hydroxyl groups is 1. The van der Waals surface area contributed by atoms with Gasteiger partial charge in [0.05, 0.1) is 12.5 Å². The van der Waals surface area contributed by atoms with Crippen molar-refractivity contribution >= 4 is 48.2 Å². The second-order valence-corrected chi connectivity index (χ2v) is 8.59. The zero-order valence-corrected chi connectivity index (χ0v) is 21.3. The highest BCUT2D eigenvalue weighted by molar-refractivity contribution is 7.80. The summed E-state index contributed by atoms with van der Waals surface area (Å²) in [6, 6.07) is 0.445. The summed E-state index contributed by atoms with van der Waals surface area (Å²) in [7, 11) is 0. The Bertz CT molecular complexity index is 1020. The first-order valence-corrected chi connectivity index (χ1v) is 12.0. The number of nitrogens with zero attached hydrogens (tertiary/aromatic N) is 1. The van der Waals surface area contributed by atoms with Crippen molar-refractivity contribution in [1.82, 2.24) is 16.0 Å². The lowest BCUT2D eigenvalue weighted by Crippen LogP contribution is -2.58. The Kier molecular flexibility index (Phi) is 13.4. The van der Waals surface area contributed by atoms with Crippen LogP contribution in [0.4, 0.5) is 0 Å². The van der Waals surface area contributed by atoms with E-state index in [1.54, 1.807) is 0 Å². The lowest BCUT2D eigenvalue weighted by Gasteiger charge is -2.24. The van der Waals surface area contributed by atoms with Gasteiger partial charge in [0.1, 0.15) is 23.9 Å². The van der Waals surface area contributed by atoms with Crippen LogP contribution in [0.1, 0.15) is 24.8 Å². The summed E-state index contributed by atoms with van der Waals surface area (Å²) in [5.41, 5.74) is 16.6. The Labute approximate surface area is 223 Å². The smallest absolute Gasteiger partial charge is 0.326 e. The standard InChI is InChI=1S/C22H33N7O8S/c23-13(9-17(31)32)18(33)27-14(2-1-7-26-22(24)25)19(34)29-16(10-38)20(35)28-15(21(36)37)8-11-3-5-12(30)6-4-11/h3-6,13-16,30,38H,1-2,7-10,23H2,(H,27,33)(H,28,35)(H,29,34)(H,31,32)(H,36,37)(H4,24,25,26). The number of guanidine groups is 1. The predicted molar refractivity (Wildman–Crippen MR) is 139 cm³/mol. The number of nitrogens with one attached hydrogen (secondary N) is 3. The van der Waals surface area contributed by atoms with Crippen molar-refractivity contribution in [2.75, 3.05) is 12.3 Å². The molecule has 3 amide bonds. The van der Waals surface area contributed by atoms with Crippen LogP contribution >= 0.6 is 12.6 Å². The van der Waals surface area contributed by atoms with Crippen LogP contribution < -0.4 is 33.2 Å². The van der Waals surface area contributed by atoms with Crippen LogP contribution in [0, 0.1) is 0 Å².